The van der Waals surface area contributed by atoms with Gasteiger partial charge < -0.3 is 10.6 Å². The molecule has 9 nitrogen and oxygen atoms in total. The molecule has 0 saturated heterocycles. The zero-order chi connectivity index (χ0) is 24.8. The number of hydrogen-bond donors (Lipinski definition) is 2. The minimum absolute atomic E-state index is 0. The molecule has 2 aliphatic carbocycles. The lowest BCUT2D eigenvalue weighted by atomic mass is 10.0. The number of alkyl halides is 5. The topological polar surface area (TPSA) is 117 Å². The van der Waals surface area contributed by atoms with Gasteiger partial charge in [0.1, 0.15) is 0 Å². The molecule has 0 bridgehead atoms. The van der Waals surface area contributed by atoms with Crippen molar-refractivity contribution >= 4 is 31.1 Å². The SMILES string of the molecule is N#CC1(c2cc(Nc3nc(N[C@H]4CCC(F)(F)C4)nc(-n4ccc(C(F)(F)F)n4)n3)ccn2)CC1.S. The van der Waals surface area contributed by atoms with E-state index in [4.69, 9.17) is 0 Å². The molecule has 2 N–H and O–H groups in total. The van der Waals surface area contributed by atoms with Crippen molar-refractivity contribution in [3.05, 3.63) is 42.0 Å². The third kappa shape index (κ3) is 5.32. The summed E-state index contributed by atoms with van der Waals surface area (Å²) in [6.07, 6.45) is -1.25. The van der Waals surface area contributed by atoms with Gasteiger partial charge in [0, 0.05) is 37.0 Å². The Balaban J connectivity index is 0.00000304. The number of nitrogens with one attached hydrogen (secondary N) is 2. The maximum atomic E-state index is 13.6. The maximum absolute atomic E-state index is 13.6. The van der Waals surface area contributed by atoms with E-state index in [2.05, 4.69) is 41.7 Å². The fourth-order valence-electron chi connectivity index (χ4n) is 3.88. The Hall–Kier alpha value is -3.54. The van der Waals surface area contributed by atoms with Gasteiger partial charge in [-0.1, -0.05) is 0 Å². The molecule has 5 rings (SSSR count). The molecule has 0 aliphatic heterocycles. The Labute approximate surface area is 208 Å². The second-order valence-electron chi connectivity index (χ2n) is 8.61. The lowest BCUT2D eigenvalue weighted by Crippen LogP contribution is -2.21. The third-order valence-corrected chi connectivity index (χ3v) is 5.92. The van der Waals surface area contributed by atoms with E-state index < -0.39 is 35.7 Å². The summed E-state index contributed by atoms with van der Waals surface area (Å²) in [5.74, 6) is -3.19. The normalized spacial score (nSPS) is 19.7. The van der Waals surface area contributed by atoms with E-state index in [0.29, 0.717) is 24.2 Å². The van der Waals surface area contributed by atoms with E-state index in [0.717, 1.165) is 16.9 Å². The highest BCUT2D eigenvalue weighted by atomic mass is 32.1. The molecule has 2 fully saturated rings. The summed E-state index contributed by atoms with van der Waals surface area (Å²) in [5.41, 5.74) is -0.704. The molecule has 0 unspecified atom stereocenters. The minimum atomic E-state index is -4.66. The average Bonchev–Trinajstić information content (AvgIpc) is 3.28. The molecule has 3 aromatic rings. The fraction of sp³-hybridized carbons (Fsp3) is 0.429. The lowest BCUT2D eigenvalue weighted by Gasteiger charge is -2.15. The van der Waals surface area contributed by atoms with Crippen LogP contribution in [0.1, 0.15) is 43.5 Å². The van der Waals surface area contributed by atoms with E-state index in [1.54, 1.807) is 12.1 Å². The van der Waals surface area contributed by atoms with Crippen LogP contribution >= 0.6 is 13.5 Å². The predicted molar refractivity (Wildman–Crippen MR) is 123 cm³/mol. The van der Waals surface area contributed by atoms with Crippen LogP contribution in [0.15, 0.2) is 30.6 Å². The first-order valence-electron chi connectivity index (χ1n) is 10.7. The van der Waals surface area contributed by atoms with Crippen molar-refractivity contribution in [2.75, 3.05) is 10.6 Å². The Morgan fingerprint density at radius 1 is 1.08 bits per heavy atom. The molecular weight excluding hydrogens is 505 g/mol. The van der Waals surface area contributed by atoms with Gasteiger partial charge in [0.25, 0.3) is 5.95 Å². The van der Waals surface area contributed by atoms with Gasteiger partial charge in [-0.15, -0.1) is 0 Å². The van der Waals surface area contributed by atoms with Crippen molar-refractivity contribution in [2.45, 2.75) is 55.7 Å². The van der Waals surface area contributed by atoms with E-state index in [-0.39, 0.29) is 44.2 Å². The van der Waals surface area contributed by atoms with Gasteiger partial charge in [-0.05, 0) is 37.5 Å². The summed E-state index contributed by atoms with van der Waals surface area (Å²) >= 11 is 0. The highest BCUT2D eigenvalue weighted by Gasteiger charge is 2.46. The minimum Gasteiger partial charge on any atom is -0.351 e. The van der Waals surface area contributed by atoms with Crippen LogP contribution in [0.5, 0.6) is 0 Å². The molecule has 0 aromatic carbocycles. The van der Waals surface area contributed by atoms with Crippen LogP contribution in [0.3, 0.4) is 0 Å². The molecule has 0 amide bonds. The number of nitrogens with zero attached hydrogens (tertiary/aromatic N) is 7. The Bertz CT molecular complexity index is 1300. The van der Waals surface area contributed by atoms with Gasteiger partial charge in [-0.25, -0.2) is 13.5 Å². The number of anilines is 3. The largest absolute Gasteiger partial charge is 0.435 e. The molecule has 3 aromatic heterocycles. The average molecular weight is 526 g/mol. The lowest BCUT2D eigenvalue weighted by molar-refractivity contribution is -0.141. The van der Waals surface area contributed by atoms with Crippen molar-refractivity contribution in [2.24, 2.45) is 0 Å². The fourth-order valence-corrected chi connectivity index (χ4v) is 3.88. The summed E-state index contributed by atoms with van der Waals surface area (Å²) in [6.45, 7) is 0. The summed E-state index contributed by atoms with van der Waals surface area (Å²) in [5, 5.41) is 18.7. The second kappa shape index (κ2) is 9.16. The van der Waals surface area contributed by atoms with Gasteiger partial charge in [-0.3, -0.25) is 4.98 Å². The van der Waals surface area contributed by atoms with Gasteiger partial charge in [0.05, 0.1) is 17.2 Å². The molecule has 15 heteroatoms. The zero-order valence-corrected chi connectivity index (χ0v) is 19.5. The van der Waals surface area contributed by atoms with Crippen LogP contribution in [-0.4, -0.2) is 41.7 Å². The Morgan fingerprint density at radius 2 is 1.83 bits per heavy atom. The molecule has 190 valence electrons. The van der Waals surface area contributed by atoms with Gasteiger partial charge in [-0.2, -0.15) is 52.0 Å². The van der Waals surface area contributed by atoms with Crippen molar-refractivity contribution < 1.29 is 22.0 Å². The van der Waals surface area contributed by atoms with E-state index >= 15 is 0 Å². The van der Waals surface area contributed by atoms with Crippen LogP contribution in [0.2, 0.25) is 0 Å². The maximum Gasteiger partial charge on any atom is 0.435 e. The van der Waals surface area contributed by atoms with Crippen LogP contribution in [0, 0.1) is 11.3 Å². The molecule has 2 saturated carbocycles. The first-order valence-corrected chi connectivity index (χ1v) is 10.7. The number of rotatable bonds is 6. The van der Waals surface area contributed by atoms with Gasteiger partial charge >= 0.3 is 6.18 Å². The number of halogens is 5. The number of hydrogen-bond acceptors (Lipinski definition) is 8. The van der Waals surface area contributed by atoms with Crippen molar-refractivity contribution in [3.8, 4) is 12.0 Å². The van der Waals surface area contributed by atoms with Crippen LogP contribution < -0.4 is 10.6 Å². The Morgan fingerprint density at radius 3 is 2.44 bits per heavy atom. The van der Waals surface area contributed by atoms with Crippen LogP contribution in [-0.2, 0) is 11.6 Å². The first kappa shape index (κ1) is 25.5. The van der Waals surface area contributed by atoms with Crippen molar-refractivity contribution in [1.29, 1.82) is 5.26 Å². The highest BCUT2D eigenvalue weighted by molar-refractivity contribution is 7.59. The number of aromatic nitrogens is 6. The number of nitriles is 1. The van der Waals surface area contributed by atoms with Crippen LogP contribution in [0.25, 0.3) is 5.95 Å². The van der Waals surface area contributed by atoms with Gasteiger partial charge in [0.15, 0.2) is 5.69 Å². The molecule has 2 aliphatic rings. The van der Waals surface area contributed by atoms with Crippen molar-refractivity contribution in [1.82, 2.24) is 29.7 Å². The molecule has 0 spiro atoms. The summed E-state index contributed by atoms with van der Waals surface area (Å²) in [6, 6.07) is 5.69. The smallest absolute Gasteiger partial charge is 0.351 e. The standard InChI is InChI=1S/C21H18F5N9.H2S/c22-20(23)4-1-13(10-20)30-17-31-16(29-12-2-7-28-15(9-12)19(11-27)5-6-19)32-18(33-17)35-8-3-14(34-35)21(24,25)26;/h2-3,7-9,13H,1,4-6,10H2,(H2,28,29,30,31,32,33);1H2/t13-;/m0./s1. The first-order chi connectivity index (χ1) is 16.6. The number of pyridine rings is 1. The van der Waals surface area contributed by atoms with E-state index in [9.17, 15) is 27.2 Å². The summed E-state index contributed by atoms with van der Waals surface area (Å²) in [7, 11) is 0. The van der Waals surface area contributed by atoms with Gasteiger partial charge in [0.2, 0.25) is 17.8 Å². The Kier molecular flexibility index (Phi) is 6.50. The van der Waals surface area contributed by atoms with Crippen molar-refractivity contribution in [3.63, 3.8) is 0 Å². The van der Waals surface area contributed by atoms with E-state index in [1.165, 1.54) is 6.20 Å². The highest BCUT2D eigenvalue weighted by Crippen LogP contribution is 2.47. The predicted octanol–water partition coefficient (Wildman–Crippen LogP) is 4.48. The molecule has 0 radical (unpaired) electrons. The molecule has 3 heterocycles. The molecular formula is C21H20F5N9S. The quantitative estimate of drug-likeness (QED) is 0.453. The zero-order valence-electron chi connectivity index (χ0n) is 18.5. The summed E-state index contributed by atoms with van der Waals surface area (Å²) < 4.78 is 67.2. The second-order valence-corrected chi connectivity index (χ2v) is 8.61. The van der Waals surface area contributed by atoms with Crippen LogP contribution in [0.4, 0.5) is 39.5 Å². The monoisotopic (exact) mass is 525 g/mol. The molecule has 36 heavy (non-hydrogen) atoms. The molecule has 1 atom stereocenters. The summed E-state index contributed by atoms with van der Waals surface area (Å²) in [4.78, 5) is 16.7. The third-order valence-electron chi connectivity index (χ3n) is 5.92. The van der Waals surface area contributed by atoms with E-state index in [1.807, 2.05) is 0 Å².